The quantitative estimate of drug-likeness (QED) is 0.765. The van der Waals surface area contributed by atoms with Crippen molar-refractivity contribution in [3.8, 4) is 0 Å². The van der Waals surface area contributed by atoms with Gasteiger partial charge in [0.25, 0.3) is 10.0 Å². The summed E-state index contributed by atoms with van der Waals surface area (Å²) in [4.78, 5) is 0.0693. The maximum absolute atomic E-state index is 12.6. The Balaban J connectivity index is 1.84. The van der Waals surface area contributed by atoms with Crippen molar-refractivity contribution in [3.05, 3.63) is 58.6 Å². The Morgan fingerprint density at radius 2 is 1.85 bits per heavy atom. The number of nitrogens with one attached hydrogen (secondary N) is 1. The van der Waals surface area contributed by atoms with Crippen LogP contribution in [0.15, 0.2) is 47.4 Å². The summed E-state index contributed by atoms with van der Waals surface area (Å²) in [6, 6.07) is 11.2. The molecule has 1 aliphatic heterocycles. The number of hydrogen-bond acceptors (Lipinski definition) is 4. The maximum atomic E-state index is 12.6. The topological polar surface area (TPSA) is 83.6 Å². The van der Waals surface area contributed by atoms with Gasteiger partial charge in [-0.15, -0.1) is 0 Å². The minimum Gasteiger partial charge on any atom is -0.280 e. The second-order valence-electron chi connectivity index (χ2n) is 6.45. The molecule has 2 aromatic carbocycles. The van der Waals surface area contributed by atoms with Crippen molar-refractivity contribution in [3.63, 3.8) is 0 Å². The van der Waals surface area contributed by atoms with Gasteiger partial charge in [-0.25, -0.2) is 16.8 Å². The lowest BCUT2D eigenvalue weighted by molar-refractivity contribution is 0.391. The van der Waals surface area contributed by atoms with Crippen LogP contribution in [0.2, 0.25) is 5.02 Å². The van der Waals surface area contributed by atoms with Gasteiger partial charge in [-0.1, -0.05) is 30.7 Å². The first kappa shape index (κ1) is 20.1. The minimum atomic E-state index is -3.78. The van der Waals surface area contributed by atoms with Crippen LogP contribution in [0.25, 0.3) is 0 Å². The van der Waals surface area contributed by atoms with Gasteiger partial charge >= 0.3 is 0 Å². The van der Waals surface area contributed by atoms with Crippen LogP contribution in [0, 0.1) is 0 Å². The highest BCUT2D eigenvalue weighted by atomic mass is 35.5. The Morgan fingerprint density at radius 1 is 1.07 bits per heavy atom. The first-order chi connectivity index (χ1) is 12.7. The fourth-order valence-electron chi connectivity index (χ4n) is 3.07. The van der Waals surface area contributed by atoms with Crippen molar-refractivity contribution >= 4 is 37.3 Å². The monoisotopic (exact) mass is 428 g/mol. The number of anilines is 1. The zero-order valence-corrected chi connectivity index (χ0v) is 17.2. The highest BCUT2D eigenvalue weighted by molar-refractivity contribution is 7.92. The van der Waals surface area contributed by atoms with Gasteiger partial charge in [0, 0.05) is 23.8 Å². The number of benzene rings is 2. The van der Waals surface area contributed by atoms with Crippen LogP contribution < -0.4 is 4.72 Å². The van der Waals surface area contributed by atoms with Crippen LogP contribution in [-0.4, -0.2) is 33.4 Å². The molecule has 0 saturated carbocycles. The van der Waals surface area contributed by atoms with E-state index in [-0.39, 0.29) is 17.2 Å². The molecule has 1 heterocycles. The molecule has 1 N–H and O–H groups in total. The lowest BCUT2D eigenvalue weighted by Crippen LogP contribution is -2.37. The van der Waals surface area contributed by atoms with E-state index in [0.717, 1.165) is 11.1 Å². The van der Waals surface area contributed by atoms with Crippen molar-refractivity contribution in [2.24, 2.45) is 0 Å². The van der Waals surface area contributed by atoms with Crippen molar-refractivity contribution < 1.29 is 16.8 Å². The standard InChI is InChI=1S/C18H21ClN2O4S2/c1-2-10-26(22,23)21-9-8-14-6-7-17(11-15(14)13-21)20-27(24,25)18-5-3-4-16(19)12-18/h3-7,11-12,20H,2,8-10,13H2,1H3. The summed E-state index contributed by atoms with van der Waals surface area (Å²) in [6.45, 7) is 2.53. The number of nitrogens with zero attached hydrogens (tertiary/aromatic N) is 1. The van der Waals surface area contributed by atoms with Crippen molar-refractivity contribution in [2.45, 2.75) is 31.2 Å². The van der Waals surface area contributed by atoms with Crippen LogP contribution >= 0.6 is 11.6 Å². The molecule has 2 aromatic rings. The molecule has 0 atom stereocenters. The third kappa shape index (κ3) is 4.63. The Bertz CT molecular complexity index is 1050. The van der Waals surface area contributed by atoms with E-state index in [4.69, 9.17) is 11.6 Å². The Kier molecular flexibility index (Phi) is 5.81. The third-order valence-electron chi connectivity index (χ3n) is 4.40. The molecule has 0 aliphatic carbocycles. The molecule has 0 fully saturated rings. The van der Waals surface area contributed by atoms with Crippen molar-refractivity contribution in [1.29, 1.82) is 0 Å². The summed E-state index contributed by atoms with van der Waals surface area (Å²) < 4.78 is 53.8. The average Bonchev–Trinajstić information content (AvgIpc) is 2.61. The molecule has 0 radical (unpaired) electrons. The van der Waals surface area contributed by atoms with E-state index in [9.17, 15) is 16.8 Å². The molecule has 0 aromatic heterocycles. The molecule has 1 aliphatic rings. The van der Waals surface area contributed by atoms with Gasteiger partial charge in [-0.3, -0.25) is 4.72 Å². The number of sulfonamides is 2. The fraction of sp³-hybridized carbons (Fsp3) is 0.333. The molecule has 9 heteroatoms. The summed E-state index contributed by atoms with van der Waals surface area (Å²) in [5.74, 6) is 0.115. The summed E-state index contributed by atoms with van der Waals surface area (Å²) in [5.41, 5.74) is 2.24. The highest BCUT2D eigenvalue weighted by Gasteiger charge is 2.26. The smallest absolute Gasteiger partial charge is 0.261 e. The summed E-state index contributed by atoms with van der Waals surface area (Å²) in [7, 11) is -7.07. The van der Waals surface area contributed by atoms with E-state index < -0.39 is 20.0 Å². The highest BCUT2D eigenvalue weighted by Crippen LogP contribution is 2.26. The predicted octanol–water partition coefficient (Wildman–Crippen LogP) is 3.24. The van der Waals surface area contributed by atoms with Crippen LogP contribution in [0.3, 0.4) is 0 Å². The second kappa shape index (κ2) is 7.79. The lowest BCUT2D eigenvalue weighted by atomic mass is 10.0. The summed E-state index contributed by atoms with van der Waals surface area (Å²) in [6.07, 6.45) is 1.17. The van der Waals surface area contributed by atoms with Crippen LogP contribution in [0.4, 0.5) is 5.69 Å². The Morgan fingerprint density at radius 3 is 2.56 bits per heavy atom. The van der Waals surface area contributed by atoms with Gasteiger partial charge < -0.3 is 0 Å². The predicted molar refractivity (Wildman–Crippen MR) is 107 cm³/mol. The lowest BCUT2D eigenvalue weighted by Gasteiger charge is -2.28. The number of halogens is 1. The molecule has 3 rings (SSSR count). The molecule has 146 valence electrons. The first-order valence-corrected chi connectivity index (χ1v) is 12.1. The van der Waals surface area contributed by atoms with Gasteiger partial charge in [0.15, 0.2) is 0 Å². The van der Waals surface area contributed by atoms with E-state index in [0.29, 0.717) is 30.1 Å². The maximum Gasteiger partial charge on any atom is 0.261 e. The molecule has 0 spiro atoms. The van der Waals surface area contributed by atoms with Gasteiger partial charge in [-0.05, 0) is 54.3 Å². The number of rotatable bonds is 6. The molecular formula is C18H21ClN2O4S2. The van der Waals surface area contributed by atoms with Crippen molar-refractivity contribution in [1.82, 2.24) is 4.31 Å². The van der Waals surface area contributed by atoms with Gasteiger partial charge in [0.2, 0.25) is 10.0 Å². The Hall–Kier alpha value is -1.61. The molecule has 0 unspecified atom stereocenters. The van der Waals surface area contributed by atoms with Crippen LogP contribution in [-0.2, 0) is 33.0 Å². The average molecular weight is 429 g/mol. The molecule has 0 bridgehead atoms. The van der Waals surface area contributed by atoms with Crippen LogP contribution in [0.5, 0.6) is 0 Å². The zero-order valence-electron chi connectivity index (χ0n) is 14.9. The van der Waals surface area contributed by atoms with Gasteiger partial charge in [0.05, 0.1) is 10.6 Å². The number of fused-ring (bicyclic) bond motifs is 1. The molecule has 27 heavy (non-hydrogen) atoms. The molecule has 0 amide bonds. The second-order valence-corrected chi connectivity index (χ2v) is 10.7. The van der Waals surface area contributed by atoms with Gasteiger partial charge in [0.1, 0.15) is 0 Å². The first-order valence-electron chi connectivity index (χ1n) is 8.59. The summed E-state index contributed by atoms with van der Waals surface area (Å²) in [5, 5.41) is 0.333. The fourth-order valence-corrected chi connectivity index (χ4v) is 5.90. The van der Waals surface area contributed by atoms with Crippen LogP contribution in [0.1, 0.15) is 24.5 Å². The van der Waals surface area contributed by atoms with E-state index in [2.05, 4.69) is 4.72 Å². The number of hydrogen-bond donors (Lipinski definition) is 1. The largest absolute Gasteiger partial charge is 0.280 e. The third-order valence-corrected chi connectivity index (χ3v) is 8.03. The molecular weight excluding hydrogens is 408 g/mol. The minimum absolute atomic E-state index is 0.0693. The van der Waals surface area contributed by atoms with Gasteiger partial charge in [-0.2, -0.15) is 4.31 Å². The summed E-state index contributed by atoms with van der Waals surface area (Å²) >= 11 is 5.88. The van der Waals surface area contributed by atoms with E-state index in [1.165, 1.54) is 16.4 Å². The molecule has 6 nitrogen and oxygen atoms in total. The van der Waals surface area contributed by atoms with Crippen molar-refractivity contribution in [2.75, 3.05) is 17.0 Å². The van der Waals surface area contributed by atoms with E-state index >= 15 is 0 Å². The molecule has 0 saturated heterocycles. The Labute approximate surface area is 165 Å². The SMILES string of the molecule is CCCS(=O)(=O)N1CCc2ccc(NS(=O)(=O)c3cccc(Cl)c3)cc2C1. The zero-order chi connectivity index (χ0) is 19.7. The van der Waals surface area contributed by atoms with E-state index in [1.54, 1.807) is 24.3 Å². The normalized spacial score (nSPS) is 15.3. The van der Waals surface area contributed by atoms with E-state index in [1.807, 2.05) is 13.0 Å².